The monoisotopic (exact) mass is 306 g/mol. The first-order valence-corrected chi connectivity index (χ1v) is 7.90. The van der Waals surface area contributed by atoms with Crippen molar-refractivity contribution in [1.82, 2.24) is 19.9 Å². The van der Waals surface area contributed by atoms with Gasteiger partial charge in [-0.3, -0.25) is 0 Å². The van der Waals surface area contributed by atoms with Crippen LogP contribution in [0.25, 0.3) is 0 Å². The molecule has 0 aliphatic rings. The van der Waals surface area contributed by atoms with E-state index in [0.29, 0.717) is 0 Å². The Morgan fingerprint density at radius 3 is 2.61 bits per heavy atom. The third kappa shape index (κ3) is 3.31. The van der Waals surface area contributed by atoms with Gasteiger partial charge in [0.2, 0.25) is 0 Å². The Morgan fingerprint density at radius 2 is 1.91 bits per heavy atom. The van der Waals surface area contributed by atoms with Gasteiger partial charge in [-0.15, -0.1) is 0 Å². The van der Waals surface area contributed by atoms with E-state index in [2.05, 4.69) is 58.0 Å². The minimum atomic E-state index is 0.214. The Labute approximate surface area is 137 Å². The molecule has 0 aliphatic carbocycles. The van der Waals surface area contributed by atoms with Crippen LogP contribution < -0.4 is 0 Å². The molecule has 0 bridgehead atoms. The van der Waals surface area contributed by atoms with Crippen LogP contribution in [0.1, 0.15) is 45.5 Å². The van der Waals surface area contributed by atoms with Crippen molar-refractivity contribution in [2.45, 2.75) is 40.0 Å². The molecule has 118 valence electrons. The topological polar surface area (TPSA) is 54.5 Å². The molecule has 0 saturated heterocycles. The summed E-state index contributed by atoms with van der Waals surface area (Å²) in [6.07, 6.45) is 4.48. The molecule has 3 aromatic rings. The predicted molar refractivity (Wildman–Crippen MR) is 91.6 cm³/mol. The molecule has 0 spiro atoms. The summed E-state index contributed by atoms with van der Waals surface area (Å²) in [7, 11) is 0. The summed E-state index contributed by atoms with van der Waals surface area (Å²) in [4.78, 5) is 16.5. The standard InChI is InChI=1S/C19H22N4/c1-12-6-5-7-17(14(12)3)18(19-10-20-11-21-19)9-16-8-13(2)22-15(4)23-16/h5-8,10-11,18H,9H2,1-4H3,(H,20,21). The third-order valence-corrected chi connectivity index (χ3v) is 4.35. The zero-order valence-electron chi connectivity index (χ0n) is 14.1. The molecule has 3 rings (SSSR count). The Balaban J connectivity index is 2.05. The number of nitrogens with one attached hydrogen (secondary N) is 1. The number of aromatic amines is 1. The summed E-state index contributed by atoms with van der Waals surface area (Å²) in [5.41, 5.74) is 7.15. The highest BCUT2D eigenvalue weighted by Gasteiger charge is 2.20. The number of hydrogen-bond donors (Lipinski definition) is 1. The Kier molecular flexibility index (Phi) is 4.24. The zero-order valence-corrected chi connectivity index (χ0v) is 14.1. The van der Waals surface area contributed by atoms with Crippen LogP contribution >= 0.6 is 0 Å². The van der Waals surface area contributed by atoms with Gasteiger partial charge in [0.25, 0.3) is 0 Å². The second-order valence-electron chi connectivity index (χ2n) is 6.10. The number of aromatic nitrogens is 4. The lowest BCUT2D eigenvalue weighted by Gasteiger charge is -2.19. The van der Waals surface area contributed by atoms with Crippen LogP contribution in [0.3, 0.4) is 0 Å². The number of H-pyrrole nitrogens is 1. The number of hydrogen-bond acceptors (Lipinski definition) is 3. The van der Waals surface area contributed by atoms with Gasteiger partial charge in [0.15, 0.2) is 0 Å². The van der Waals surface area contributed by atoms with Crippen LogP contribution in [0.2, 0.25) is 0 Å². The first-order chi connectivity index (χ1) is 11.0. The van der Waals surface area contributed by atoms with E-state index in [1.807, 2.05) is 20.0 Å². The summed E-state index contributed by atoms with van der Waals surface area (Å²) in [6, 6.07) is 8.55. The molecule has 1 N–H and O–H groups in total. The van der Waals surface area contributed by atoms with Crippen LogP contribution in [-0.2, 0) is 6.42 Å². The Morgan fingerprint density at radius 1 is 1.09 bits per heavy atom. The third-order valence-electron chi connectivity index (χ3n) is 4.35. The average Bonchev–Trinajstić information content (AvgIpc) is 3.01. The average molecular weight is 306 g/mol. The van der Waals surface area contributed by atoms with Crippen molar-refractivity contribution in [2.75, 3.05) is 0 Å². The molecule has 0 saturated carbocycles. The first kappa shape index (κ1) is 15.4. The predicted octanol–water partition coefficient (Wildman–Crippen LogP) is 3.81. The Bertz CT molecular complexity index is 786. The fourth-order valence-corrected chi connectivity index (χ4v) is 3.10. The molecule has 1 atom stereocenters. The molecular weight excluding hydrogens is 284 g/mol. The minimum Gasteiger partial charge on any atom is -0.348 e. The maximum atomic E-state index is 4.62. The summed E-state index contributed by atoms with van der Waals surface area (Å²) in [5.74, 6) is 1.04. The normalized spacial score (nSPS) is 12.3. The van der Waals surface area contributed by atoms with Crippen molar-refractivity contribution in [1.29, 1.82) is 0 Å². The molecule has 2 heterocycles. The SMILES string of the molecule is Cc1cc(CC(c2cnc[nH]2)c2cccc(C)c2C)nc(C)n1. The molecular formula is C19H22N4. The van der Waals surface area contributed by atoms with E-state index >= 15 is 0 Å². The van der Waals surface area contributed by atoms with Gasteiger partial charge in [-0.05, 0) is 50.5 Å². The van der Waals surface area contributed by atoms with Crippen LogP contribution in [0, 0.1) is 27.7 Å². The quantitative estimate of drug-likeness (QED) is 0.797. The van der Waals surface area contributed by atoms with Crippen molar-refractivity contribution in [3.8, 4) is 0 Å². The maximum Gasteiger partial charge on any atom is 0.125 e. The van der Waals surface area contributed by atoms with Gasteiger partial charge in [0.1, 0.15) is 5.82 Å². The number of imidazole rings is 1. The summed E-state index contributed by atoms with van der Waals surface area (Å²) >= 11 is 0. The van der Waals surface area contributed by atoms with Gasteiger partial charge in [0, 0.05) is 35.6 Å². The first-order valence-electron chi connectivity index (χ1n) is 7.90. The fraction of sp³-hybridized carbons (Fsp3) is 0.316. The van der Waals surface area contributed by atoms with Gasteiger partial charge in [-0.1, -0.05) is 18.2 Å². The van der Waals surface area contributed by atoms with E-state index in [9.17, 15) is 0 Å². The fourth-order valence-electron chi connectivity index (χ4n) is 3.10. The van der Waals surface area contributed by atoms with E-state index in [0.717, 1.165) is 29.3 Å². The van der Waals surface area contributed by atoms with Crippen molar-refractivity contribution >= 4 is 0 Å². The number of rotatable bonds is 4. The molecule has 0 amide bonds. The zero-order chi connectivity index (χ0) is 16.4. The second kappa shape index (κ2) is 6.32. The van der Waals surface area contributed by atoms with E-state index in [4.69, 9.17) is 0 Å². The molecule has 2 aromatic heterocycles. The van der Waals surface area contributed by atoms with Crippen LogP contribution in [0.4, 0.5) is 0 Å². The maximum absolute atomic E-state index is 4.62. The lowest BCUT2D eigenvalue weighted by molar-refractivity contribution is 0.744. The smallest absolute Gasteiger partial charge is 0.125 e. The van der Waals surface area contributed by atoms with Crippen LogP contribution in [-0.4, -0.2) is 19.9 Å². The highest BCUT2D eigenvalue weighted by molar-refractivity contribution is 5.40. The summed E-state index contributed by atoms with van der Waals surface area (Å²) < 4.78 is 0. The van der Waals surface area contributed by atoms with E-state index in [-0.39, 0.29) is 5.92 Å². The molecule has 0 fully saturated rings. The number of aryl methyl sites for hydroxylation is 3. The van der Waals surface area contributed by atoms with Crippen molar-refractivity contribution in [3.05, 3.63) is 76.4 Å². The van der Waals surface area contributed by atoms with Gasteiger partial charge >= 0.3 is 0 Å². The van der Waals surface area contributed by atoms with Crippen LogP contribution in [0.5, 0.6) is 0 Å². The number of nitrogens with zero attached hydrogens (tertiary/aromatic N) is 3. The molecule has 1 unspecified atom stereocenters. The van der Waals surface area contributed by atoms with Crippen LogP contribution in [0.15, 0.2) is 36.8 Å². The molecule has 4 heteroatoms. The van der Waals surface area contributed by atoms with Crippen molar-refractivity contribution in [2.24, 2.45) is 0 Å². The van der Waals surface area contributed by atoms with Crippen molar-refractivity contribution < 1.29 is 0 Å². The van der Waals surface area contributed by atoms with E-state index in [1.54, 1.807) is 6.33 Å². The number of benzene rings is 1. The van der Waals surface area contributed by atoms with E-state index < -0.39 is 0 Å². The lowest BCUT2D eigenvalue weighted by atomic mass is 9.87. The highest BCUT2D eigenvalue weighted by atomic mass is 14.9. The summed E-state index contributed by atoms with van der Waals surface area (Å²) in [6.45, 7) is 8.30. The molecule has 1 aromatic carbocycles. The lowest BCUT2D eigenvalue weighted by Crippen LogP contribution is -2.10. The molecule has 23 heavy (non-hydrogen) atoms. The minimum absolute atomic E-state index is 0.214. The highest BCUT2D eigenvalue weighted by Crippen LogP contribution is 2.30. The Hall–Kier alpha value is -2.49. The van der Waals surface area contributed by atoms with Gasteiger partial charge in [0.05, 0.1) is 6.33 Å². The van der Waals surface area contributed by atoms with E-state index in [1.165, 1.54) is 16.7 Å². The largest absolute Gasteiger partial charge is 0.348 e. The van der Waals surface area contributed by atoms with Gasteiger partial charge in [-0.25, -0.2) is 15.0 Å². The molecule has 4 nitrogen and oxygen atoms in total. The molecule has 0 aliphatic heterocycles. The second-order valence-corrected chi connectivity index (χ2v) is 6.10. The summed E-state index contributed by atoms with van der Waals surface area (Å²) in [5, 5.41) is 0. The van der Waals surface area contributed by atoms with Gasteiger partial charge < -0.3 is 4.98 Å². The molecule has 0 radical (unpaired) electrons. The van der Waals surface area contributed by atoms with Crippen molar-refractivity contribution in [3.63, 3.8) is 0 Å². The van der Waals surface area contributed by atoms with Gasteiger partial charge in [-0.2, -0.15) is 0 Å².